The van der Waals surface area contributed by atoms with Gasteiger partial charge in [-0.1, -0.05) is 13.3 Å². The topological polar surface area (TPSA) is 90.7 Å². The molecule has 1 N–H and O–H groups in total. The second-order valence-corrected chi connectivity index (χ2v) is 4.87. The predicted octanol–water partition coefficient (Wildman–Crippen LogP) is 2.39. The quantitative estimate of drug-likeness (QED) is 0.377. The third-order valence-corrected chi connectivity index (χ3v) is 3.18. The molecule has 1 amide bonds. The lowest BCUT2D eigenvalue weighted by Gasteiger charge is -2.19. The monoisotopic (exact) mass is 306 g/mol. The van der Waals surface area contributed by atoms with Gasteiger partial charge in [-0.2, -0.15) is 0 Å². The normalized spacial score (nSPS) is 13.5. The Morgan fingerprint density at radius 2 is 2.32 bits per heavy atom. The average Bonchev–Trinajstić information content (AvgIpc) is 2.52. The molecule has 0 spiro atoms. The van der Waals surface area contributed by atoms with Crippen LogP contribution in [-0.2, 0) is 16.1 Å². The molecule has 0 saturated heterocycles. The molecule has 0 atom stereocenters. The van der Waals surface area contributed by atoms with Gasteiger partial charge in [0.05, 0.1) is 11.5 Å². The number of hydrogen-bond donors (Lipinski definition) is 1. The highest BCUT2D eigenvalue weighted by molar-refractivity contribution is 5.92. The molecule has 7 heteroatoms. The third-order valence-electron chi connectivity index (χ3n) is 3.18. The van der Waals surface area contributed by atoms with Crippen molar-refractivity contribution in [2.24, 2.45) is 0 Å². The Kier molecular flexibility index (Phi) is 5.48. The number of fused-ring (bicyclic) bond motifs is 1. The van der Waals surface area contributed by atoms with Crippen LogP contribution in [0.5, 0.6) is 5.75 Å². The Labute approximate surface area is 128 Å². The van der Waals surface area contributed by atoms with Crippen molar-refractivity contribution in [3.63, 3.8) is 0 Å². The molecule has 0 aliphatic carbocycles. The Hall–Kier alpha value is -2.41. The van der Waals surface area contributed by atoms with Crippen LogP contribution in [0, 0.1) is 10.1 Å². The van der Waals surface area contributed by atoms with Gasteiger partial charge in [0.25, 0.3) is 5.69 Å². The zero-order chi connectivity index (χ0) is 15.9. The lowest BCUT2D eigenvalue weighted by molar-refractivity contribution is -0.385. The van der Waals surface area contributed by atoms with Gasteiger partial charge in [-0.05, 0) is 12.5 Å². The van der Waals surface area contributed by atoms with Crippen molar-refractivity contribution in [2.75, 3.05) is 13.3 Å². The number of nitro groups is 1. The van der Waals surface area contributed by atoms with Crippen LogP contribution in [0.3, 0.4) is 0 Å². The summed E-state index contributed by atoms with van der Waals surface area (Å²) < 4.78 is 10.5. The summed E-state index contributed by atoms with van der Waals surface area (Å²) in [6.07, 6.45) is 4.79. The minimum atomic E-state index is -0.479. The Bertz CT molecular complexity index is 598. The lowest BCUT2D eigenvalue weighted by Crippen LogP contribution is -2.21. The molecule has 0 fully saturated rings. The molecular weight excluding hydrogens is 288 g/mol. The van der Waals surface area contributed by atoms with Crippen LogP contribution >= 0.6 is 0 Å². The highest BCUT2D eigenvalue weighted by Crippen LogP contribution is 2.33. The van der Waals surface area contributed by atoms with Gasteiger partial charge >= 0.3 is 0 Å². The first-order chi connectivity index (χ1) is 10.6. The van der Waals surface area contributed by atoms with E-state index >= 15 is 0 Å². The van der Waals surface area contributed by atoms with E-state index < -0.39 is 4.92 Å². The first kappa shape index (κ1) is 16.0. The predicted molar refractivity (Wildman–Crippen MR) is 80.3 cm³/mol. The number of nitro benzene ring substituents is 1. The standard InChI is InChI=1S/C15H18N2O5/c1-2-3-6-16-14(18)5-4-11-7-13(17(19)20)8-12-9-21-10-22-15(11)12/h4-5,7-8H,2-3,6,9-10H2,1H3,(H,16,18). The number of nitrogens with zero attached hydrogens (tertiary/aromatic N) is 1. The van der Waals surface area contributed by atoms with E-state index in [0.29, 0.717) is 23.4 Å². The van der Waals surface area contributed by atoms with Crippen molar-refractivity contribution in [3.05, 3.63) is 39.4 Å². The molecule has 1 aliphatic rings. The fraction of sp³-hybridized carbons (Fsp3) is 0.400. The van der Waals surface area contributed by atoms with Crippen molar-refractivity contribution in [3.8, 4) is 5.75 Å². The number of ether oxygens (including phenoxy) is 2. The van der Waals surface area contributed by atoms with Crippen LogP contribution in [0.1, 0.15) is 30.9 Å². The van der Waals surface area contributed by atoms with E-state index in [1.165, 1.54) is 24.3 Å². The number of amides is 1. The minimum Gasteiger partial charge on any atom is -0.467 e. The van der Waals surface area contributed by atoms with E-state index in [9.17, 15) is 14.9 Å². The number of benzene rings is 1. The number of nitrogens with one attached hydrogen (secondary N) is 1. The maximum Gasteiger partial charge on any atom is 0.270 e. The first-order valence-corrected chi connectivity index (χ1v) is 7.09. The maximum atomic E-state index is 11.7. The first-order valence-electron chi connectivity index (χ1n) is 7.09. The zero-order valence-corrected chi connectivity index (χ0v) is 12.3. The van der Waals surface area contributed by atoms with Crippen molar-refractivity contribution >= 4 is 17.7 Å². The molecule has 1 heterocycles. The van der Waals surface area contributed by atoms with E-state index in [-0.39, 0.29) is 25.0 Å². The molecular formula is C15H18N2O5. The summed E-state index contributed by atoms with van der Waals surface area (Å²) in [5, 5.41) is 13.7. The lowest BCUT2D eigenvalue weighted by atomic mass is 10.1. The molecule has 118 valence electrons. The van der Waals surface area contributed by atoms with Crippen LogP contribution < -0.4 is 10.1 Å². The second kappa shape index (κ2) is 7.56. The Morgan fingerprint density at radius 1 is 1.50 bits per heavy atom. The van der Waals surface area contributed by atoms with Crippen LogP contribution in [0.15, 0.2) is 18.2 Å². The van der Waals surface area contributed by atoms with E-state index in [1.54, 1.807) is 0 Å². The summed E-state index contributed by atoms with van der Waals surface area (Å²) in [5.41, 5.74) is 1.04. The van der Waals surface area contributed by atoms with Crippen molar-refractivity contribution in [1.29, 1.82) is 0 Å². The van der Waals surface area contributed by atoms with Crippen molar-refractivity contribution in [1.82, 2.24) is 5.32 Å². The molecule has 0 aromatic heterocycles. The number of non-ortho nitro benzene ring substituents is 1. The smallest absolute Gasteiger partial charge is 0.270 e. The van der Waals surface area contributed by atoms with Gasteiger partial charge in [0, 0.05) is 35.9 Å². The molecule has 0 radical (unpaired) electrons. The highest BCUT2D eigenvalue weighted by atomic mass is 16.7. The van der Waals surface area contributed by atoms with Gasteiger partial charge in [-0.25, -0.2) is 0 Å². The Balaban J connectivity index is 2.20. The van der Waals surface area contributed by atoms with Gasteiger partial charge in [0.2, 0.25) is 5.91 Å². The van der Waals surface area contributed by atoms with Crippen LogP contribution in [0.4, 0.5) is 5.69 Å². The van der Waals surface area contributed by atoms with Crippen LogP contribution in [0.25, 0.3) is 6.08 Å². The van der Waals surface area contributed by atoms with E-state index in [4.69, 9.17) is 9.47 Å². The highest BCUT2D eigenvalue weighted by Gasteiger charge is 2.19. The largest absolute Gasteiger partial charge is 0.467 e. The third kappa shape index (κ3) is 4.05. The van der Waals surface area contributed by atoms with Gasteiger partial charge < -0.3 is 14.8 Å². The number of rotatable bonds is 6. The van der Waals surface area contributed by atoms with Gasteiger partial charge in [0.15, 0.2) is 6.79 Å². The SMILES string of the molecule is CCCCNC(=O)C=Cc1cc([N+](=O)[O-])cc2c1OCOC2. The minimum absolute atomic E-state index is 0.0566. The number of carbonyl (C=O) groups is 1. The van der Waals surface area contributed by atoms with Crippen molar-refractivity contribution in [2.45, 2.75) is 26.4 Å². The van der Waals surface area contributed by atoms with E-state index in [2.05, 4.69) is 5.32 Å². The molecule has 0 saturated carbocycles. The summed E-state index contributed by atoms with van der Waals surface area (Å²) in [5.74, 6) is 0.287. The summed E-state index contributed by atoms with van der Waals surface area (Å²) in [7, 11) is 0. The second-order valence-electron chi connectivity index (χ2n) is 4.87. The molecule has 1 aromatic carbocycles. The molecule has 0 bridgehead atoms. The van der Waals surface area contributed by atoms with Gasteiger partial charge in [-0.15, -0.1) is 0 Å². The summed E-state index contributed by atoms with van der Waals surface area (Å²) in [4.78, 5) is 22.2. The maximum absolute atomic E-state index is 11.7. The summed E-state index contributed by atoms with van der Waals surface area (Å²) >= 11 is 0. The Morgan fingerprint density at radius 3 is 3.05 bits per heavy atom. The van der Waals surface area contributed by atoms with Crippen molar-refractivity contribution < 1.29 is 19.2 Å². The summed E-state index contributed by atoms with van der Waals surface area (Å²) in [6.45, 7) is 2.99. The molecule has 1 aliphatic heterocycles. The molecule has 22 heavy (non-hydrogen) atoms. The fourth-order valence-corrected chi connectivity index (χ4v) is 2.07. The van der Waals surface area contributed by atoms with Gasteiger partial charge in [0.1, 0.15) is 5.75 Å². The molecule has 2 rings (SSSR count). The van der Waals surface area contributed by atoms with Gasteiger partial charge in [-0.3, -0.25) is 14.9 Å². The number of unbranched alkanes of at least 4 members (excludes halogenated alkanes) is 1. The number of carbonyl (C=O) groups excluding carboxylic acids is 1. The van der Waals surface area contributed by atoms with E-state index in [0.717, 1.165) is 12.8 Å². The molecule has 7 nitrogen and oxygen atoms in total. The van der Waals surface area contributed by atoms with E-state index in [1.807, 2.05) is 6.92 Å². The van der Waals surface area contributed by atoms with Crippen LogP contribution in [0.2, 0.25) is 0 Å². The number of hydrogen-bond acceptors (Lipinski definition) is 5. The summed E-state index contributed by atoms with van der Waals surface area (Å²) in [6, 6.07) is 2.81. The molecule has 1 aromatic rings. The fourth-order valence-electron chi connectivity index (χ4n) is 2.07. The molecule has 0 unspecified atom stereocenters. The van der Waals surface area contributed by atoms with Crippen LogP contribution in [-0.4, -0.2) is 24.2 Å². The zero-order valence-electron chi connectivity index (χ0n) is 12.3. The average molecular weight is 306 g/mol.